The third-order valence-electron chi connectivity index (χ3n) is 4.55. The summed E-state index contributed by atoms with van der Waals surface area (Å²) in [6.45, 7) is 4.34. The minimum Gasteiger partial charge on any atom is -0.481 e. The third-order valence-corrected chi connectivity index (χ3v) is 4.55. The molecule has 1 N–H and O–H groups in total. The van der Waals surface area contributed by atoms with Gasteiger partial charge in [-0.3, -0.25) is 9.59 Å². The third kappa shape index (κ3) is 3.64. The van der Waals surface area contributed by atoms with Gasteiger partial charge < -0.3 is 10.0 Å². The number of piperidine rings is 1. The number of hydrogen-bond donors (Lipinski definition) is 1. The van der Waals surface area contributed by atoms with Gasteiger partial charge in [0.05, 0.1) is 5.92 Å². The quantitative estimate of drug-likeness (QED) is 0.930. The molecule has 1 aliphatic rings. The first-order chi connectivity index (χ1) is 10.4. The summed E-state index contributed by atoms with van der Waals surface area (Å²) in [7, 11) is 0. The second kappa shape index (κ2) is 6.90. The van der Waals surface area contributed by atoms with Gasteiger partial charge in [-0.1, -0.05) is 19.1 Å². The molecule has 2 rings (SSSR count). The Hall–Kier alpha value is -1.91. The number of carboxylic acid groups (broad SMARTS) is 1. The second-order valence-electron chi connectivity index (χ2n) is 6.07. The van der Waals surface area contributed by atoms with Crippen molar-refractivity contribution < 1.29 is 19.1 Å². The molecule has 1 aromatic rings. The zero-order valence-electron chi connectivity index (χ0n) is 13.0. The number of amides is 1. The fraction of sp³-hybridized carbons (Fsp3) is 0.529. The average Bonchev–Trinajstić information content (AvgIpc) is 2.47. The highest BCUT2D eigenvalue weighted by atomic mass is 19.1. The standard InChI is InChI=1S/C17H22FNO3/c1-11(13-5-7-14(18)8-6-13)10-16(20)19-9-3-4-15(12(19)2)17(21)22/h5-8,11-12,15H,3-4,9-10H2,1-2H3,(H,21,22)/t11?,12-,15-/m0/s1. The monoisotopic (exact) mass is 307 g/mol. The van der Waals surface area contributed by atoms with Crippen molar-refractivity contribution in [2.24, 2.45) is 5.92 Å². The first-order valence-corrected chi connectivity index (χ1v) is 7.68. The molecule has 1 saturated heterocycles. The van der Waals surface area contributed by atoms with Gasteiger partial charge in [-0.25, -0.2) is 4.39 Å². The molecule has 0 radical (unpaired) electrons. The van der Waals surface area contributed by atoms with Crippen LogP contribution in [0, 0.1) is 11.7 Å². The molecular weight excluding hydrogens is 285 g/mol. The molecule has 1 amide bonds. The fourth-order valence-electron chi connectivity index (χ4n) is 3.11. The van der Waals surface area contributed by atoms with Gasteiger partial charge in [0, 0.05) is 19.0 Å². The number of halogens is 1. The summed E-state index contributed by atoms with van der Waals surface area (Å²) in [6.07, 6.45) is 1.65. The van der Waals surface area contributed by atoms with Crippen molar-refractivity contribution in [2.75, 3.05) is 6.54 Å². The smallest absolute Gasteiger partial charge is 0.308 e. The molecular formula is C17H22FNO3. The van der Waals surface area contributed by atoms with Crippen LogP contribution in [-0.2, 0) is 9.59 Å². The molecule has 5 heteroatoms. The zero-order valence-corrected chi connectivity index (χ0v) is 13.0. The lowest BCUT2D eigenvalue weighted by molar-refractivity contribution is -0.149. The minimum atomic E-state index is -0.836. The fourth-order valence-corrected chi connectivity index (χ4v) is 3.11. The van der Waals surface area contributed by atoms with Crippen LogP contribution in [0.4, 0.5) is 4.39 Å². The van der Waals surface area contributed by atoms with Crippen molar-refractivity contribution in [3.8, 4) is 0 Å². The topological polar surface area (TPSA) is 57.6 Å². The number of aliphatic carboxylic acids is 1. The van der Waals surface area contributed by atoms with Crippen LogP contribution >= 0.6 is 0 Å². The first kappa shape index (κ1) is 16.5. The Morgan fingerprint density at radius 3 is 2.59 bits per heavy atom. The van der Waals surface area contributed by atoms with Crippen molar-refractivity contribution in [3.63, 3.8) is 0 Å². The lowest BCUT2D eigenvalue weighted by Gasteiger charge is -2.38. The number of carbonyl (C=O) groups excluding carboxylic acids is 1. The molecule has 4 nitrogen and oxygen atoms in total. The summed E-state index contributed by atoms with van der Waals surface area (Å²) in [5.41, 5.74) is 0.911. The molecule has 0 bridgehead atoms. The SMILES string of the molecule is CC(CC(=O)N1CCC[C@H](C(=O)O)[C@@H]1C)c1ccc(F)cc1. The van der Waals surface area contributed by atoms with E-state index in [0.29, 0.717) is 19.4 Å². The summed E-state index contributed by atoms with van der Waals surface area (Å²) in [6, 6.07) is 5.87. The Balaban J connectivity index is 2.01. The molecule has 22 heavy (non-hydrogen) atoms. The minimum absolute atomic E-state index is 0.0227. The van der Waals surface area contributed by atoms with Gasteiger partial charge in [-0.15, -0.1) is 0 Å². The summed E-state index contributed by atoms with van der Waals surface area (Å²) >= 11 is 0. The van der Waals surface area contributed by atoms with Gasteiger partial charge in [0.2, 0.25) is 5.91 Å². The van der Waals surface area contributed by atoms with E-state index in [0.717, 1.165) is 12.0 Å². The molecule has 1 unspecified atom stereocenters. The number of benzene rings is 1. The van der Waals surface area contributed by atoms with Crippen molar-refractivity contribution in [1.29, 1.82) is 0 Å². The van der Waals surface area contributed by atoms with Crippen molar-refractivity contribution in [2.45, 2.75) is 45.1 Å². The van der Waals surface area contributed by atoms with Gasteiger partial charge in [-0.05, 0) is 43.4 Å². The molecule has 3 atom stereocenters. The Labute approximate surface area is 129 Å². The molecule has 0 aromatic heterocycles. The molecule has 1 heterocycles. The first-order valence-electron chi connectivity index (χ1n) is 7.68. The summed E-state index contributed by atoms with van der Waals surface area (Å²) in [5, 5.41) is 9.22. The zero-order chi connectivity index (χ0) is 16.3. The predicted molar refractivity (Wildman–Crippen MR) is 81.0 cm³/mol. The van der Waals surface area contributed by atoms with Crippen molar-refractivity contribution in [1.82, 2.24) is 4.90 Å². The van der Waals surface area contributed by atoms with Gasteiger partial charge >= 0.3 is 5.97 Å². The van der Waals surface area contributed by atoms with Gasteiger partial charge in [0.15, 0.2) is 0 Å². The number of carbonyl (C=O) groups is 2. The number of rotatable bonds is 4. The molecule has 0 aliphatic carbocycles. The highest BCUT2D eigenvalue weighted by Crippen LogP contribution is 2.27. The van der Waals surface area contributed by atoms with Gasteiger partial charge in [0.25, 0.3) is 0 Å². The Morgan fingerprint density at radius 1 is 1.36 bits per heavy atom. The summed E-state index contributed by atoms with van der Waals surface area (Å²) in [5.74, 6) is -1.67. The van der Waals surface area contributed by atoms with E-state index in [2.05, 4.69) is 0 Å². The molecule has 1 fully saturated rings. The van der Waals surface area contributed by atoms with Gasteiger partial charge in [-0.2, -0.15) is 0 Å². The van der Waals surface area contributed by atoms with E-state index >= 15 is 0 Å². The van der Waals surface area contributed by atoms with Crippen LogP contribution in [0.3, 0.4) is 0 Å². The number of carboxylic acids is 1. The average molecular weight is 307 g/mol. The maximum atomic E-state index is 12.9. The highest BCUT2D eigenvalue weighted by Gasteiger charge is 2.35. The number of likely N-dealkylation sites (tertiary alicyclic amines) is 1. The summed E-state index contributed by atoms with van der Waals surface area (Å²) < 4.78 is 12.9. The highest BCUT2D eigenvalue weighted by molar-refractivity contribution is 5.79. The van der Waals surface area contributed by atoms with Crippen molar-refractivity contribution in [3.05, 3.63) is 35.6 Å². The van der Waals surface area contributed by atoms with Gasteiger partial charge in [0.1, 0.15) is 5.82 Å². The molecule has 0 spiro atoms. The van der Waals surface area contributed by atoms with Crippen LogP contribution in [0.2, 0.25) is 0 Å². The van der Waals surface area contributed by atoms with Crippen LogP contribution < -0.4 is 0 Å². The lowest BCUT2D eigenvalue weighted by Crippen LogP contribution is -2.49. The Kier molecular flexibility index (Phi) is 5.16. The van der Waals surface area contributed by atoms with E-state index in [9.17, 15) is 19.1 Å². The second-order valence-corrected chi connectivity index (χ2v) is 6.07. The maximum absolute atomic E-state index is 12.9. The van der Waals surface area contributed by atoms with Crippen molar-refractivity contribution >= 4 is 11.9 Å². The molecule has 120 valence electrons. The Bertz CT molecular complexity index is 543. The van der Waals surface area contributed by atoms with E-state index in [1.165, 1.54) is 12.1 Å². The van der Waals surface area contributed by atoms with Crippen LogP contribution in [0.1, 0.15) is 44.6 Å². The van der Waals surface area contributed by atoms with Crippen LogP contribution in [-0.4, -0.2) is 34.5 Å². The summed E-state index contributed by atoms with van der Waals surface area (Å²) in [4.78, 5) is 25.4. The maximum Gasteiger partial charge on any atom is 0.308 e. The van der Waals surface area contributed by atoms with Crippen LogP contribution in [0.15, 0.2) is 24.3 Å². The van der Waals surface area contributed by atoms with E-state index in [4.69, 9.17) is 0 Å². The molecule has 0 saturated carbocycles. The predicted octanol–water partition coefficient (Wildman–Crippen LogP) is 3.03. The van der Waals surface area contributed by atoms with E-state index in [1.807, 2.05) is 6.92 Å². The number of hydrogen-bond acceptors (Lipinski definition) is 2. The largest absolute Gasteiger partial charge is 0.481 e. The molecule has 1 aliphatic heterocycles. The van der Waals surface area contributed by atoms with Crippen LogP contribution in [0.25, 0.3) is 0 Å². The lowest BCUT2D eigenvalue weighted by atomic mass is 9.89. The number of nitrogens with zero attached hydrogens (tertiary/aromatic N) is 1. The van der Waals surface area contributed by atoms with E-state index in [-0.39, 0.29) is 23.7 Å². The van der Waals surface area contributed by atoms with E-state index in [1.54, 1.807) is 24.0 Å². The van der Waals surface area contributed by atoms with E-state index < -0.39 is 11.9 Å². The Morgan fingerprint density at radius 2 is 2.00 bits per heavy atom. The normalized spacial score (nSPS) is 23.1. The molecule has 1 aromatic carbocycles. The van der Waals surface area contributed by atoms with Crippen LogP contribution in [0.5, 0.6) is 0 Å².